The monoisotopic (exact) mass is 171 g/mol. The largest absolute Gasteiger partial charge is 0.481 e. The van der Waals surface area contributed by atoms with E-state index in [2.05, 4.69) is 4.90 Å². The molecule has 0 aromatic heterocycles. The summed E-state index contributed by atoms with van der Waals surface area (Å²) in [5.74, 6) is -0.505. The summed E-state index contributed by atoms with van der Waals surface area (Å²) in [6, 6.07) is 0. The predicted octanol–water partition coefficient (Wildman–Crippen LogP) is -0.351. The summed E-state index contributed by atoms with van der Waals surface area (Å²) < 4.78 is 5.22. The van der Waals surface area contributed by atoms with Crippen molar-refractivity contribution in [2.75, 3.05) is 33.4 Å². The molecule has 2 atom stereocenters. The number of carboxylic acids is 1. The molecule has 4 heteroatoms. The van der Waals surface area contributed by atoms with Gasteiger partial charge in [-0.2, -0.15) is 0 Å². The van der Waals surface area contributed by atoms with Gasteiger partial charge in [0, 0.05) is 19.0 Å². The molecule has 2 aliphatic heterocycles. The number of likely N-dealkylation sites (tertiary alicyclic amines) is 1. The van der Waals surface area contributed by atoms with Crippen molar-refractivity contribution in [1.29, 1.82) is 0 Å². The van der Waals surface area contributed by atoms with E-state index in [1.165, 1.54) is 0 Å². The van der Waals surface area contributed by atoms with Gasteiger partial charge in [0.15, 0.2) is 0 Å². The fourth-order valence-electron chi connectivity index (χ4n) is 2.29. The van der Waals surface area contributed by atoms with E-state index in [-0.39, 0.29) is 5.92 Å². The number of aliphatic carboxylic acids is 1. The molecule has 0 amide bonds. The molecule has 0 aromatic rings. The standard InChI is InChI=1S/C8H13NO3/c1-9-2-6-3-12-5-8(6,4-9)7(10)11/h6H,2-5H2,1H3,(H,10,11)/t6-,8-/m0/s1. The Morgan fingerprint density at radius 1 is 1.75 bits per heavy atom. The van der Waals surface area contributed by atoms with Gasteiger partial charge in [-0.1, -0.05) is 0 Å². The first-order valence-electron chi connectivity index (χ1n) is 4.15. The summed E-state index contributed by atoms with van der Waals surface area (Å²) in [5, 5.41) is 9.09. The second-order valence-electron chi connectivity index (χ2n) is 3.87. The van der Waals surface area contributed by atoms with E-state index >= 15 is 0 Å². The van der Waals surface area contributed by atoms with E-state index in [4.69, 9.17) is 9.84 Å². The van der Waals surface area contributed by atoms with Crippen molar-refractivity contribution in [3.63, 3.8) is 0 Å². The van der Waals surface area contributed by atoms with Crippen molar-refractivity contribution >= 4 is 5.97 Å². The van der Waals surface area contributed by atoms with Crippen LogP contribution in [0.1, 0.15) is 0 Å². The number of carboxylic acid groups (broad SMARTS) is 1. The molecular formula is C8H13NO3. The Labute approximate surface area is 71.1 Å². The maximum absolute atomic E-state index is 11.0. The zero-order valence-corrected chi connectivity index (χ0v) is 7.12. The number of rotatable bonds is 1. The van der Waals surface area contributed by atoms with Gasteiger partial charge in [0.05, 0.1) is 13.2 Å². The summed E-state index contributed by atoms with van der Waals surface area (Å²) in [6.45, 7) is 2.48. The Morgan fingerprint density at radius 2 is 2.50 bits per heavy atom. The summed E-state index contributed by atoms with van der Waals surface area (Å²) in [7, 11) is 1.96. The van der Waals surface area contributed by atoms with Gasteiger partial charge in [-0.25, -0.2) is 0 Å². The van der Waals surface area contributed by atoms with Crippen LogP contribution in [0.2, 0.25) is 0 Å². The Balaban J connectivity index is 2.26. The van der Waals surface area contributed by atoms with Crippen LogP contribution in [0.25, 0.3) is 0 Å². The van der Waals surface area contributed by atoms with E-state index in [0.29, 0.717) is 19.8 Å². The van der Waals surface area contributed by atoms with E-state index in [1.807, 2.05) is 7.05 Å². The first-order valence-corrected chi connectivity index (χ1v) is 4.15. The first-order chi connectivity index (χ1) is 5.65. The number of hydrogen-bond acceptors (Lipinski definition) is 3. The van der Waals surface area contributed by atoms with Gasteiger partial charge >= 0.3 is 5.97 Å². The molecule has 4 nitrogen and oxygen atoms in total. The third-order valence-corrected chi connectivity index (χ3v) is 2.97. The van der Waals surface area contributed by atoms with Gasteiger partial charge in [-0.15, -0.1) is 0 Å². The molecule has 2 rings (SSSR count). The summed E-state index contributed by atoms with van der Waals surface area (Å²) in [6.07, 6.45) is 0. The number of ether oxygens (including phenoxy) is 1. The third-order valence-electron chi connectivity index (χ3n) is 2.97. The molecule has 1 N–H and O–H groups in total. The van der Waals surface area contributed by atoms with E-state index in [0.717, 1.165) is 6.54 Å². The highest BCUT2D eigenvalue weighted by Gasteiger charge is 2.55. The van der Waals surface area contributed by atoms with Crippen LogP contribution in [0.3, 0.4) is 0 Å². The van der Waals surface area contributed by atoms with Crippen molar-refractivity contribution in [3.8, 4) is 0 Å². The molecule has 12 heavy (non-hydrogen) atoms. The van der Waals surface area contributed by atoms with E-state index in [9.17, 15) is 4.79 Å². The van der Waals surface area contributed by atoms with Crippen LogP contribution in [0, 0.1) is 11.3 Å². The molecule has 68 valence electrons. The van der Waals surface area contributed by atoms with Gasteiger partial charge in [0.2, 0.25) is 0 Å². The number of carbonyl (C=O) groups is 1. The average molecular weight is 171 g/mol. The highest BCUT2D eigenvalue weighted by atomic mass is 16.5. The Hall–Kier alpha value is -0.610. The third kappa shape index (κ3) is 0.881. The second-order valence-corrected chi connectivity index (χ2v) is 3.87. The summed E-state index contributed by atoms with van der Waals surface area (Å²) in [4.78, 5) is 13.1. The molecule has 0 aliphatic carbocycles. The summed E-state index contributed by atoms with van der Waals surface area (Å²) in [5.41, 5.74) is -0.602. The van der Waals surface area contributed by atoms with E-state index < -0.39 is 11.4 Å². The van der Waals surface area contributed by atoms with Gasteiger partial charge in [0.1, 0.15) is 5.41 Å². The molecule has 0 radical (unpaired) electrons. The predicted molar refractivity (Wildman–Crippen MR) is 41.9 cm³/mol. The van der Waals surface area contributed by atoms with Crippen LogP contribution in [-0.4, -0.2) is 49.3 Å². The highest BCUT2D eigenvalue weighted by Crippen LogP contribution is 2.40. The number of nitrogens with zero attached hydrogens (tertiary/aromatic N) is 1. The van der Waals surface area contributed by atoms with Crippen LogP contribution in [0.15, 0.2) is 0 Å². The fourth-order valence-corrected chi connectivity index (χ4v) is 2.29. The van der Waals surface area contributed by atoms with Crippen molar-refractivity contribution in [2.24, 2.45) is 11.3 Å². The number of fused-ring (bicyclic) bond motifs is 1. The normalized spacial score (nSPS) is 41.6. The Morgan fingerprint density at radius 3 is 3.08 bits per heavy atom. The lowest BCUT2D eigenvalue weighted by atomic mass is 9.81. The molecule has 2 fully saturated rings. The highest BCUT2D eigenvalue weighted by molar-refractivity contribution is 5.76. The van der Waals surface area contributed by atoms with Crippen molar-refractivity contribution in [2.45, 2.75) is 0 Å². The van der Waals surface area contributed by atoms with Gasteiger partial charge in [-0.05, 0) is 7.05 Å². The fraction of sp³-hybridized carbons (Fsp3) is 0.875. The topological polar surface area (TPSA) is 49.8 Å². The quantitative estimate of drug-likeness (QED) is 0.586. The molecule has 0 saturated carbocycles. The van der Waals surface area contributed by atoms with E-state index in [1.54, 1.807) is 0 Å². The smallest absolute Gasteiger partial charge is 0.313 e. The zero-order chi connectivity index (χ0) is 8.77. The minimum atomic E-state index is -0.700. The zero-order valence-electron chi connectivity index (χ0n) is 7.12. The molecule has 0 unspecified atom stereocenters. The van der Waals surface area contributed by atoms with Crippen LogP contribution >= 0.6 is 0 Å². The second kappa shape index (κ2) is 2.44. The van der Waals surface area contributed by atoms with Crippen molar-refractivity contribution in [3.05, 3.63) is 0 Å². The molecule has 0 bridgehead atoms. The Bertz CT molecular complexity index is 218. The van der Waals surface area contributed by atoms with Gasteiger partial charge < -0.3 is 14.7 Å². The first kappa shape index (κ1) is 8.01. The molecule has 2 saturated heterocycles. The lowest BCUT2D eigenvalue weighted by Crippen LogP contribution is -2.38. The maximum atomic E-state index is 11.0. The average Bonchev–Trinajstić information content (AvgIpc) is 2.42. The van der Waals surface area contributed by atoms with Gasteiger partial charge in [-0.3, -0.25) is 4.79 Å². The van der Waals surface area contributed by atoms with Crippen LogP contribution in [0.4, 0.5) is 0 Å². The SMILES string of the molecule is CN1C[C@H]2COC[C@@]2(C(=O)O)C1. The van der Waals surface area contributed by atoms with Gasteiger partial charge in [0.25, 0.3) is 0 Å². The molecule has 2 aliphatic rings. The van der Waals surface area contributed by atoms with Crippen LogP contribution in [-0.2, 0) is 9.53 Å². The summed E-state index contributed by atoms with van der Waals surface area (Å²) >= 11 is 0. The van der Waals surface area contributed by atoms with Crippen LogP contribution in [0.5, 0.6) is 0 Å². The molecule has 2 heterocycles. The minimum Gasteiger partial charge on any atom is -0.481 e. The maximum Gasteiger partial charge on any atom is 0.313 e. The van der Waals surface area contributed by atoms with Crippen molar-refractivity contribution in [1.82, 2.24) is 4.90 Å². The minimum absolute atomic E-state index is 0.194. The van der Waals surface area contributed by atoms with Crippen LogP contribution < -0.4 is 0 Å². The lowest BCUT2D eigenvalue weighted by Gasteiger charge is -2.20. The molecular weight excluding hydrogens is 158 g/mol. The van der Waals surface area contributed by atoms with Crippen molar-refractivity contribution < 1.29 is 14.6 Å². The Kier molecular flexibility index (Phi) is 1.63. The number of hydrogen-bond donors (Lipinski definition) is 1. The molecule has 0 spiro atoms. The lowest BCUT2D eigenvalue weighted by molar-refractivity contribution is -0.149. The molecule has 0 aromatic carbocycles.